The lowest BCUT2D eigenvalue weighted by Gasteiger charge is -2.53. The summed E-state index contributed by atoms with van der Waals surface area (Å²) in [6.07, 6.45) is 2.57. The van der Waals surface area contributed by atoms with E-state index < -0.39 is 5.41 Å². The van der Waals surface area contributed by atoms with Crippen LogP contribution in [0.25, 0.3) is 5.57 Å². The number of nitrogens with zero attached hydrogens (tertiary/aromatic N) is 1. The maximum absolute atomic E-state index is 9.76. The second-order valence-electron chi connectivity index (χ2n) is 5.30. The van der Waals surface area contributed by atoms with Gasteiger partial charge in [0, 0.05) is 5.92 Å². The highest BCUT2D eigenvalue weighted by Gasteiger charge is 2.59. The summed E-state index contributed by atoms with van der Waals surface area (Å²) >= 11 is 0. The molecule has 4 nitrogen and oxygen atoms in total. The van der Waals surface area contributed by atoms with Crippen molar-refractivity contribution in [3.63, 3.8) is 0 Å². The van der Waals surface area contributed by atoms with Gasteiger partial charge in [0.25, 0.3) is 0 Å². The van der Waals surface area contributed by atoms with E-state index in [1.54, 1.807) is 0 Å². The molecule has 1 saturated carbocycles. The number of nitriles is 1. The lowest BCUT2D eigenvalue weighted by molar-refractivity contribution is -0.0801. The van der Waals surface area contributed by atoms with E-state index in [1.807, 2.05) is 30.3 Å². The summed E-state index contributed by atoms with van der Waals surface area (Å²) in [6.45, 7) is 0.193. The Labute approximate surface area is 117 Å². The topological polar surface area (TPSA) is 73.5 Å². The van der Waals surface area contributed by atoms with E-state index in [4.69, 9.17) is 9.84 Å². The number of ether oxygens (including phenoxy) is 1. The van der Waals surface area contributed by atoms with Crippen LogP contribution in [0.2, 0.25) is 0 Å². The Bertz CT molecular complexity index is 590. The lowest BCUT2D eigenvalue weighted by Crippen LogP contribution is -2.58. The summed E-state index contributed by atoms with van der Waals surface area (Å²) in [5.41, 5.74) is 2.08. The van der Waals surface area contributed by atoms with Crippen molar-refractivity contribution < 1.29 is 14.9 Å². The minimum absolute atomic E-state index is 0.0167. The van der Waals surface area contributed by atoms with Gasteiger partial charge in [0.2, 0.25) is 0 Å². The molecule has 0 radical (unpaired) electrons. The molecule has 1 aromatic rings. The molecule has 3 rings (SSSR count). The van der Waals surface area contributed by atoms with Gasteiger partial charge in [-0.2, -0.15) is 5.26 Å². The zero-order valence-electron chi connectivity index (χ0n) is 11.1. The average Bonchev–Trinajstić information content (AvgIpc) is 2.47. The van der Waals surface area contributed by atoms with Crippen molar-refractivity contribution in [2.24, 2.45) is 5.92 Å². The number of hydrogen-bond donors (Lipinski definition) is 2. The van der Waals surface area contributed by atoms with Crippen LogP contribution in [-0.2, 0) is 10.2 Å². The zero-order chi connectivity index (χ0) is 14.2. The van der Waals surface area contributed by atoms with Crippen molar-refractivity contribution in [1.82, 2.24) is 0 Å². The number of aliphatic hydroxyl groups excluding tert-OH is 2. The summed E-state index contributed by atoms with van der Waals surface area (Å²) in [5, 5.41) is 28.2. The molecule has 0 heterocycles. The van der Waals surface area contributed by atoms with E-state index >= 15 is 0 Å². The first kappa shape index (κ1) is 13.3. The number of aliphatic hydroxyl groups is 2. The molecule has 1 aromatic carbocycles. The van der Waals surface area contributed by atoms with E-state index in [9.17, 15) is 10.4 Å². The Morgan fingerprint density at radius 1 is 1.35 bits per heavy atom. The second-order valence-corrected chi connectivity index (χ2v) is 5.30. The van der Waals surface area contributed by atoms with E-state index in [0.717, 1.165) is 23.1 Å². The van der Waals surface area contributed by atoms with Gasteiger partial charge in [-0.15, -0.1) is 0 Å². The second kappa shape index (κ2) is 5.02. The van der Waals surface area contributed by atoms with Crippen LogP contribution in [0.4, 0.5) is 0 Å². The molecule has 4 heteroatoms. The number of fused-ring (bicyclic) bond motifs is 3. The molecule has 2 aliphatic carbocycles. The predicted octanol–water partition coefficient (Wildman–Crippen LogP) is 1.23. The highest BCUT2D eigenvalue weighted by Crippen LogP contribution is 2.55. The van der Waals surface area contributed by atoms with E-state index in [-0.39, 0.29) is 31.8 Å². The smallest absolute Gasteiger partial charge is 0.115 e. The maximum Gasteiger partial charge on any atom is 0.115 e. The standard InChI is InChI=1S/C16H17NO3/c17-10-16-12(8-15(16)20-6-5-18)7-11(9-19)13-3-1-2-4-14(13)16/h1-4,7,12,15,18-19H,5-6,8-9H2/t12-,15-,16+/m0/s1. The average molecular weight is 271 g/mol. The first-order chi connectivity index (χ1) is 9.77. The molecule has 1 fully saturated rings. The van der Waals surface area contributed by atoms with E-state index in [1.165, 1.54) is 0 Å². The third kappa shape index (κ3) is 1.64. The number of hydrogen-bond acceptors (Lipinski definition) is 4. The van der Waals surface area contributed by atoms with Crippen LogP contribution in [0.15, 0.2) is 30.3 Å². The number of rotatable bonds is 4. The molecule has 0 saturated heterocycles. The zero-order valence-corrected chi connectivity index (χ0v) is 11.1. The molecule has 0 aliphatic heterocycles. The van der Waals surface area contributed by atoms with Gasteiger partial charge in [0.1, 0.15) is 5.41 Å². The summed E-state index contributed by atoms with van der Waals surface area (Å²) in [5.74, 6) is 0.0771. The Kier molecular flexibility index (Phi) is 3.35. The minimum Gasteiger partial charge on any atom is -0.394 e. The molecule has 0 amide bonds. The van der Waals surface area contributed by atoms with Gasteiger partial charge < -0.3 is 14.9 Å². The summed E-state index contributed by atoms with van der Waals surface area (Å²) in [6, 6.07) is 10.2. The van der Waals surface area contributed by atoms with Crippen molar-refractivity contribution >= 4 is 5.57 Å². The molecule has 0 bridgehead atoms. The highest BCUT2D eigenvalue weighted by atomic mass is 16.5. The molecule has 3 atom stereocenters. The molecule has 0 spiro atoms. The van der Waals surface area contributed by atoms with Crippen LogP contribution in [-0.4, -0.2) is 36.1 Å². The quantitative estimate of drug-likeness (QED) is 0.864. The summed E-state index contributed by atoms with van der Waals surface area (Å²) in [7, 11) is 0. The van der Waals surface area contributed by atoms with Gasteiger partial charge in [-0.25, -0.2) is 0 Å². The van der Waals surface area contributed by atoms with Crippen LogP contribution in [0.5, 0.6) is 0 Å². The molecular formula is C16H17NO3. The lowest BCUT2D eigenvalue weighted by atomic mass is 9.51. The van der Waals surface area contributed by atoms with Crippen LogP contribution in [0.3, 0.4) is 0 Å². The molecule has 104 valence electrons. The van der Waals surface area contributed by atoms with Crippen LogP contribution >= 0.6 is 0 Å². The fourth-order valence-corrected chi connectivity index (χ4v) is 3.46. The third-order valence-corrected chi connectivity index (χ3v) is 4.45. The third-order valence-electron chi connectivity index (χ3n) is 4.45. The van der Waals surface area contributed by atoms with E-state index in [2.05, 4.69) is 6.07 Å². The van der Waals surface area contributed by atoms with Crippen LogP contribution in [0.1, 0.15) is 17.5 Å². The minimum atomic E-state index is -0.676. The predicted molar refractivity (Wildman–Crippen MR) is 73.7 cm³/mol. The van der Waals surface area contributed by atoms with Crippen molar-refractivity contribution in [3.05, 3.63) is 41.5 Å². The maximum atomic E-state index is 9.76. The van der Waals surface area contributed by atoms with Crippen LogP contribution in [0, 0.1) is 17.2 Å². The molecule has 0 unspecified atom stereocenters. The summed E-state index contributed by atoms with van der Waals surface area (Å²) in [4.78, 5) is 0. The first-order valence-electron chi connectivity index (χ1n) is 6.83. The van der Waals surface area contributed by atoms with Crippen molar-refractivity contribution in [2.45, 2.75) is 17.9 Å². The Morgan fingerprint density at radius 2 is 2.15 bits per heavy atom. The van der Waals surface area contributed by atoms with Gasteiger partial charge in [-0.05, 0) is 23.1 Å². The monoisotopic (exact) mass is 271 g/mol. The van der Waals surface area contributed by atoms with Crippen molar-refractivity contribution in [2.75, 3.05) is 19.8 Å². The van der Waals surface area contributed by atoms with Crippen molar-refractivity contribution in [1.29, 1.82) is 5.26 Å². The van der Waals surface area contributed by atoms with Gasteiger partial charge in [0.15, 0.2) is 0 Å². The fourth-order valence-electron chi connectivity index (χ4n) is 3.46. The van der Waals surface area contributed by atoms with Crippen LogP contribution < -0.4 is 0 Å². The Hall–Kier alpha value is -1.67. The molecule has 2 aliphatic rings. The number of allylic oxidation sites excluding steroid dienone is 1. The Morgan fingerprint density at radius 3 is 2.85 bits per heavy atom. The molecule has 0 aromatic heterocycles. The SMILES string of the molecule is N#C[C@]12c3ccccc3C(CO)=C[C@H]1C[C@@H]2OCCO. The van der Waals surface area contributed by atoms with Gasteiger partial charge >= 0.3 is 0 Å². The first-order valence-corrected chi connectivity index (χ1v) is 6.83. The van der Waals surface area contributed by atoms with Gasteiger partial charge in [-0.3, -0.25) is 0 Å². The Balaban J connectivity index is 2.06. The summed E-state index contributed by atoms with van der Waals surface area (Å²) < 4.78 is 5.65. The molecule has 2 N–H and O–H groups in total. The molecule has 20 heavy (non-hydrogen) atoms. The van der Waals surface area contributed by atoms with Gasteiger partial charge in [0.05, 0.1) is 32.0 Å². The normalized spacial score (nSPS) is 30.6. The highest BCUT2D eigenvalue weighted by molar-refractivity contribution is 5.75. The largest absolute Gasteiger partial charge is 0.394 e. The van der Waals surface area contributed by atoms with E-state index in [0.29, 0.717) is 0 Å². The fraction of sp³-hybridized carbons (Fsp3) is 0.438. The van der Waals surface area contributed by atoms with Crippen molar-refractivity contribution in [3.8, 4) is 6.07 Å². The van der Waals surface area contributed by atoms with Gasteiger partial charge in [-0.1, -0.05) is 30.3 Å². The number of benzene rings is 1. The molecular weight excluding hydrogens is 254 g/mol.